The molecule has 0 spiro atoms. The van der Waals surface area contributed by atoms with Gasteiger partial charge in [0.25, 0.3) is 0 Å². The molecule has 3 rings (SSSR count). The van der Waals surface area contributed by atoms with Crippen LogP contribution in [0.25, 0.3) is 0 Å². The molecule has 2 aromatic rings. The van der Waals surface area contributed by atoms with Crippen molar-refractivity contribution in [2.24, 2.45) is 0 Å². The van der Waals surface area contributed by atoms with Gasteiger partial charge in [0.15, 0.2) is 0 Å². The van der Waals surface area contributed by atoms with Crippen LogP contribution in [0.15, 0.2) is 30.3 Å². The van der Waals surface area contributed by atoms with Crippen LogP contribution >= 0.6 is 0 Å². The van der Waals surface area contributed by atoms with Crippen LogP contribution in [-0.2, 0) is 6.54 Å². The van der Waals surface area contributed by atoms with E-state index in [9.17, 15) is 5.11 Å². The van der Waals surface area contributed by atoms with Gasteiger partial charge in [0.1, 0.15) is 5.75 Å². The van der Waals surface area contributed by atoms with Gasteiger partial charge in [-0.15, -0.1) is 0 Å². The van der Waals surface area contributed by atoms with Crippen LogP contribution in [0.1, 0.15) is 27.8 Å². The Morgan fingerprint density at radius 3 is 2.33 bits per heavy atom. The first-order valence-corrected chi connectivity index (χ1v) is 8.78. The first-order valence-electron chi connectivity index (χ1n) is 8.78. The Kier molecular flexibility index (Phi) is 4.81. The largest absolute Gasteiger partial charge is 0.507 e. The molecule has 24 heavy (non-hydrogen) atoms. The Labute approximate surface area is 145 Å². The van der Waals surface area contributed by atoms with E-state index in [0.717, 1.165) is 43.9 Å². The van der Waals surface area contributed by atoms with Gasteiger partial charge in [-0.3, -0.25) is 4.90 Å². The van der Waals surface area contributed by atoms with Crippen molar-refractivity contribution in [2.75, 3.05) is 31.1 Å². The second kappa shape index (κ2) is 6.86. The minimum atomic E-state index is 0.456. The van der Waals surface area contributed by atoms with Gasteiger partial charge in [0.2, 0.25) is 0 Å². The summed E-state index contributed by atoms with van der Waals surface area (Å²) in [7, 11) is 0. The zero-order chi connectivity index (χ0) is 17.3. The number of benzene rings is 2. The SMILES string of the molecule is Cc1cc(C)c(O)c(CN2CCN(c3cccc(C)c3C)CC2)c1. The number of nitrogens with zero attached hydrogens (tertiary/aromatic N) is 2. The van der Waals surface area contributed by atoms with E-state index in [1.807, 2.05) is 13.0 Å². The third-order valence-electron chi connectivity index (χ3n) is 5.21. The molecule has 1 saturated heterocycles. The van der Waals surface area contributed by atoms with Crippen molar-refractivity contribution >= 4 is 5.69 Å². The molecule has 1 heterocycles. The summed E-state index contributed by atoms with van der Waals surface area (Å²) in [5, 5.41) is 10.3. The van der Waals surface area contributed by atoms with E-state index in [2.05, 4.69) is 54.8 Å². The summed E-state index contributed by atoms with van der Waals surface area (Å²) in [6.07, 6.45) is 0. The molecular formula is C21H28N2O. The van der Waals surface area contributed by atoms with E-state index in [0.29, 0.717) is 5.75 Å². The van der Waals surface area contributed by atoms with Gasteiger partial charge in [-0.05, 0) is 50.5 Å². The highest BCUT2D eigenvalue weighted by atomic mass is 16.3. The van der Waals surface area contributed by atoms with Gasteiger partial charge in [-0.25, -0.2) is 0 Å². The Morgan fingerprint density at radius 2 is 1.62 bits per heavy atom. The smallest absolute Gasteiger partial charge is 0.122 e. The number of phenols is 1. The van der Waals surface area contributed by atoms with Crippen LogP contribution in [0.5, 0.6) is 5.75 Å². The monoisotopic (exact) mass is 324 g/mol. The fourth-order valence-corrected chi connectivity index (χ4v) is 3.63. The van der Waals surface area contributed by atoms with Crippen LogP contribution in [0.4, 0.5) is 5.69 Å². The lowest BCUT2D eigenvalue weighted by Crippen LogP contribution is -2.46. The minimum absolute atomic E-state index is 0.456. The Bertz CT molecular complexity index is 731. The molecule has 2 aromatic carbocycles. The van der Waals surface area contributed by atoms with Gasteiger partial charge in [-0.2, -0.15) is 0 Å². The maximum atomic E-state index is 10.3. The zero-order valence-corrected chi connectivity index (χ0v) is 15.3. The van der Waals surface area contributed by atoms with E-state index in [1.165, 1.54) is 22.4 Å². The normalized spacial score (nSPS) is 15.8. The highest BCUT2D eigenvalue weighted by molar-refractivity contribution is 5.56. The van der Waals surface area contributed by atoms with Crippen LogP contribution in [0.3, 0.4) is 0 Å². The number of aromatic hydroxyl groups is 1. The molecule has 1 N–H and O–H groups in total. The molecule has 0 amide bonds. The van der Waals surface area contributed by atoms with E-state index in [4.69, 9.17) is 0 Å². The lowest BCUT2D eigenvalue weighted by Gasteiger charge is -2.37. The molecular weight excluding hydrogens is 296 g/mol. The highest BCUT2D eigenvalue weighted by Crippen LogP contribution is 2.27. The third kappa shape index (κ3) is 3.41. The van der Waals surface area contributed by atoms with Gasteiger partial charge >= 0.3 is 0 Å². The summed E-state index contributed by atoms with van der Waals surface area (Å²) in [4.78, 5) is 4.93. The number of hydrogen-bond acceptors (Lipinski definition) is 3. The van der Waals surface area contributed by atoms with Crippen molar-refractivity contribution in [1.82, 2.24) is 4.90 Å². The summed E-state index contributed by atoms with van der Waals surface area (Å²) >= 11 is 0. The number of piperazine rings is 1. The van der Waals surface area contributed by atoms with E-state index in [-0.39, 0.29) is 0 Å². The summed E-state index contributed by atoms with van der Waals surface area (Å²) in [6, 6.07) is 10.7. The third-order valence-corrected chi connectivity index (χ3v) is 5.21. The fraction of sp³-hybridized carbons (Fsp3) is 0.429. The fourth-order valence-electron chi connectivity index (χ4n) is 3.63. The summed E-state index contributed by atoms with van der Waals surface area (Å²) < 4.78 is 0. The van der Waals surface area contributed by atoms with Crippen molar-refractivity contribution in [3.8, 4) is 5.75 Å². The zero-order valence-electron chi connectivity index (χ0n) is 15.3. The topological polar surface area (TPSA) is 26.7 Å². The quantitative estimate of drug-likeness (QED) is 0.926. The Morgan fingerprint density at radius 1 is 0.917 bits per heavy atom. The predicted octanol–water partition coefficient (Wildman–Crippen LogP) is 3.95. The van der Waals surface area contributed by atoms with Crippen molar-refractivity contribution < 1.29 is 5.11 Å². The molecule has 0 aromatic heterocycles. The molecule has 0 aliphatic carbocycles. The molecule has 0 atom stereocenters. The van der Waals surface area contributed by atoms with E-state index in [1.54, 1.807) is 0 Å². The minimum Gasteiger partial charge on any atom is -0.507 e. The van der Waals surface area contributed by atoms with Crippen molar-refractivity contribution in [3.05, 3.63) is 58.1 Å². The number of aryl methyl sites for hydroxylation is 3. The first-order chi connectivity index (χ1) is 11.5. The molecule has 1 aliphatic rings. The summed E-state index contributed by atoms with van der Waals surface area (Å²) in [5.74, 6) is 0.456. The average molecular weight is 324 g/mol. The number of anilines is 1. The molecule has 0 saturated carbocycles. The Hall–Kier alpha value is -2.00. The highest BCUT2D eigenvalue weighted by Gasteiger charge is 2.20. The predicted molar refractivity (Wildman–Crippen MR) is 101 cm³/mol. The van der Waals surface area contributed by atoms with E-state index < -0.39 is 0 Å². The maximum absolute atomic E-state index is 10.3. The van der Waals surface area contributed by atoms with Gasteiger partial charge in [0.05, 0.1) is 0 Å². The summed E-state index contributed by atoms with van der Waals surface area (Å²) in [6.45, 7) is 13.4. The van der Waals surface area contributed by atoms with Crippen molar-refractivity contribution in [2.45, 2.75) is 34.2 Å². The second-order valence-electron chi connectivity index (χ2n) is 7.07. The molecule has 128 valence electrons. The molecule has 0 bridgehead atoms. The number of hydrogen-bond donors (Lipinski definition) is 1. The number of phenolic OH excluding ortho intramolecular Hbond substituents is 1. The van der Waals surface area contributed by atoms with Crippen LogP contribution < -0.4 is 4.90 Å². The maximum Gasteiger partial charge on any atom is 0.122 e. The van der Waals surface area contributed by atoms with Gasteiger partial charge in [-0.1, -0.05) is 29.8 Å². The van der Waals surface area contributed by atoms with Crippen LogP contribution in [0.2, 0.25) is 0 Å². The average Bonchev–Trinajstić information content (AvgIpc) is 2.55. The number of rotatable bonds is 3. The molecule has 1 fully saturated rings. The lowest BCUT2D eigenvalue weighted by atomic mass is 10.0. The molecule has 3 heteroatoms. The molecule has 0 radical (unpaired) electrons. The lowest BCUT2D eigenvalue weighted by molar-refractivity contribution is 0.246. The van der Waals surface area contributed by atoms with Crippen LogP contribution in [-0.4, -0.2) is 36.2 Å². The van der Waals surface area contributed by atoms with E-state index >= 15 is 0 Å². The van der Waals surface area contributed by atoms with Crippen molar-refractivity contribution in [3.63, 3.8) is 0 Å². The van der Waals surface area contributed by atoms with Gasteiger partial charge < -0.3 is 10.0 Å². The second-order valence-corrected chi connectivity index (χ2v) is 7.07. The van der Waals surface area contributed by atoms with Crippen molar-refractivity contribution in [1.29, 1.82) is 0 Å². The molecule has 3 nitrogen and oxygen atoms in total. The standard InChI is InChI=1S/C21H28N2O/c1-15-12-17(3)21(24)19(13-15)14-22-8-10-23(11-9-22)20-7-5-6-16(2)18(20)4/h5-7,12-13,24H,8-11,14H2,1-4H3. The molecule has 0 unspecified atom stereocenters. The van der Waals surface area contributed by atoms with Crippen LogP contribution in [0, 0.1) is 27.7 Å². The molecule has 1 aliphatic heterocycles. The Balaban J connectivity index is 1.67. The summed E-state index contributed by atoms with van der Waals surface area (Å²) in [5.41, 5.74) is 7.35. The first kappa shape index (κ1) is 16.8. The van der Waals surface area contributed by atoms with Gasteiger partial charge in [0, 0.05) is 44.0 Å².